The second-order valence-electron chi connectivity index (χ2n) is 5.28. The van der Waals surface area contributed by atoms with Crippen molar-refractivity contribution < 1.29 is 4.74 Å². The van der Waals surface area contributed by atoms with Gasteiger partial charge >= 0.3 is 0 Å². The molecule has 2 atom stereocenters. The van der Waals surface area contributed by atoms with Gasteiger partial charge in [0, 0.05) is 25.7 Å². The average molecular weight is 212 g/mol. The van der Waals surface area contributed by atoms with Crippen molar-refractivity contribution in [1.82, 2.24) is 10.2 Å². The molecule has 3 heteroatoms. The van der Waals surface area contributed by atoms with E-state index < -0.39 is 0 Å². The number of hydrogen-bond donors (Lipinski definition) is 1. The van der Waals surface area contributed by atoms with Crippen molar-refractivity contribution in [3.63, 3.8) is 0 Å². The molecule has 0 amide bonds. The van der Waals surface area contributed by atoms with Gasteiger partial charge in [-0.15, -0.1) is 0 Å². The molecule has 0 bridgehead atoms. The van der Waals surface area contributed by atoms with Crippen LogP contribution in [0.1, 0.15) is 20.3 Å². The van der Waals surface area contributed by atoms with E-state index in [1.54, 1.807) is 0 Å². The summed E-state index contributed by atoms with van der Waals surface area (Å²) >= 11 is 0. The maximum absolute atomic E-state index is 5.48. The summed E-state index contributed by atoms with van der Waals surface area (Å²) in [6.45, 7) is 11.2. The van der Waals surface area contributed by atoms with E-state index in [0.29, 0.717) is 6.04 Å². The Bertz CT molecular complexity index is 190. The van der Waals surface area contributed by atoms with Gasteiger partial charge in [0.15, 0.2) is 0 Å². The third-order valence-corrected chi connectivity index (χ3v) is 3.73. The van der Waals surface area contributed by atoms with Gasteiger partial charge in [0.25, 0.3) is 0 Å². The van der Waals surface area contributed by atoms with Crippen LogP contribution < -0.4 is 5.32 Å². The van der Waals surface area contributed by atoms with Crippen molar-refractivity contribution in [3.8, 4) is 0 Å². The molecule has 0 aromatic heterocycles. The lowest BCUT2D eigenvalue weighted by Crippen LogP contribution is -2.48. The summed E-state index contributed by atoms with van der Waals surface area (Å²) < 4.78 is 5.48. The highest BCUT2D eigenvalue weighted by molar-refractivity contribution is 4.82. The minimum absolute atomic E-state index is 0.560. The van der Waals surface area contributed by atoms with Crippen LogP contribution in [0.25, 0.3) is 0 Å². The molecule has 1 N–H and O–H groups in total. The Labute approximate surface area is 93.2 Å². The minimum Gasteiger partial charge on any atom is -0.378 e. The molecule has 0 saturated carbocycles. The fraction of sp³-hybridized carbons (Fsp3) is 1.00. The van der Waals surface area contributed by atoms with Crippen LogP contribution in [0, 0.1) is 11.8 Å². The zero-order chi connectivity index (χ0) is 10.7. The van der Waals surface area contributed by atoms with Gasteiger partial charge in [-0.2, -0.15) is 0 Å². The SMILES string of the molecule is CC(C)C1CCN(CC2COCCN2)C1. The van der Waals surface area contributed by atoms with Crippen LogP contribution in [-0.4, -0.2) is 50.3 Å². The first-order valence-corrected chi connectivity index (χ1v) is 6.29. The summed E-state index contributed by atoms with van der Waals surface area (Å²) in [6.07, 6.45) is 1.38. The predicted octanol–water partition coefficient (Wildman–Crippen LogP) is 0.953. The molecule has 2 aliphatic rings. The van der Waals surface area contributed by atoms with E-state index in [1.165, 1.54) is 26.1 Å². The summed E-state index contributed by atoms with van der Waals surface area (Å²) in [6, 6.07) is 0.560. The fourth-order valence-corrected chi connectivity index (χ4v) is 2.62. The van der Waals surface area contributed by atoms with Crippen LogP contribution in [-0.2, 0) is 4.74 Å². The van der Waals surface area contributed by atoms with Gasteiger partial charge in [-0.25, -0.2) is 0 Å². The van der Waals surface area contributed by atoms with E-state index in [4.69, 9.17) is 4.74 Å². The molecule has 2 unspecified atom stereocenters. The molecule has 0 aliphatic carbocycles. The van der Waals surface area contributed by atoms with E-state index in [0.717, 1.165) is 31.6 Å². The quantitative estimate of drug-likeness (QED) is 0.754. The molecule has 2 heterocycles. The standard InChI is InChI=1S/C12H24N2O/c1-10(2)11-3-5-14(7-11)8-12-9-15-6-4-13-12/h10-13H,3-9H2,1-2H3. The molecule has 2 rings (SSSR count). The Morgan fingerprint density at radius 2 is 2.33 bits per heavy atom. The van der Waals surface area contributed by atoms with Crippen molar-refractivity contribution in [2.24, 2.45) is 11.8 Å². The number of nitrogens with zero attached hydrogens (tertiary/aromatic N) is 1. The summed E-state index contributed by atoms with van der Waals surface area (Å²) in [5, 5.41) is 3.52. The average Bonchev–Trinajstić information content (AvgIpc) is 2.68. The van der Waals surface area contributed by atoms with Gasteiger partial charge in [0.2, 0.25) is 0 Å². The molecule has 88 valence electrons. The van der Waals surface area contributed by atoms with Crippen LogP contribution in [0.3, 0.4) is 0 Å². The highest BCUT2D eigenvalue weighted by atomic mass is 16.5. The Morgan fingerprint density at radius 1 is 1.47 bits per heavy atom. The van der Waals surface area contributed by atoms with E-state index in [1.807, 2.05) is 0 Å². The van der Waals surface area contributed by atoms with Crippen molar-refractivity contribution in [3.05, 3.63) is 0 Å². The Morgan fingerprint density at radius 3 is 2.93 bits per heavy atom. The number of ether oxygens (including phenoxy) is 1. The normalized spacial score (nSPS) is 33.8. The van der Waals surface area contributed by atoms with Gasteiger partial charge in [0.1, 0.15) is 0 Å². The van der Waals surface area contributed by atoms with Crippen molar-refractivity contribution in [1.29, 1.82) is 0 Å². The molecular weight excluding hydrogens is 188 g/mol. The lowest BCUT2D eigenvalue weighted by molar-refractivity contribution is 0.0644. The molecule has 15 heavy (non-hydrogen) atoms. The number of morpholine rings is 1. The minimum atomic E-state index is 0.560. The van der Waals surface area contributed by atoms with Gasteiger partial charge < -0.3 is 15.0 Å². The lowest BCUT2D eigenvalue weighted by atomic mass is 9.95. The molecular formula is C12H24N2O. The van der Waals surface area contributed by atoms with E-state index >= 15 is 0 Å². The maximum atomic E-state index is 5.48. The number of nitrogens with one attached hydrogen (secondary N) is 1. The Hall–Kier alpha value is -0.120. The summed E-state index contributed by atoms with van der Waals surface area (Å²) in [7, 11) is 0. The molecule has 0 spiro atoms. The maximum Gasteiger partial charge on any atom is 0.0632 e. The first kappa shape index (κ1) is 11.4. The highest BCUT2D eigenvalue weighted by Crippen LogP contribution is 2.23. The zero-order valence-electron chi connectivity index (χ0n) is 10.0. The Kier molecular flexibility index (Phi) is 4.00. The van der Waals surface area contributed by atoms with Crippen LogP contribution >= 0.6 is 0 Å². The molecule has 3 nitrogen and oxygen atoms in total. The molecule has 2 aliphatic heterocycles. The topological polar surface area (TPSA) is 24.5 Å². The number of hydrogen-bond acceptors (Lipinski definition) is 3. The van der Waals surface area contributed by atoms with Gasteiger partial charge in [-0.1, -0.05) is 13.8 Å². The van der Waals surface area contributed by atoms with Gasteiger partial charge in [0.05, 0.1) is 13.2 Å². The van der Waals surface area contributed by atoms with Crippen molar-refractivity contribution in [2.45, 2.75) is 26.3 Å². The fourth-order valence-electron chi connectivity index (χ4n) is 2.62. The van der Waals surface area contributed by atoms with Gasteiger partial charge in [-0.3, -0.25) is 0 Å². The largest absolute Gasteiger partial charge is 0.378 e. The summed E-state index contributed by atoms with van der Waals surface area (Å²) in [5.41, 5.74) is 0. The Balaban J connectivity index is 1.71. The zero-order valence-corrected chi connectivity index (χ0v) is 10.0. The van der Waals surface area contributed by atoms with Crippen molar-refractivity contribution >= 4 is 0 Å². The summed E-state index contributed by atoms with van der Waals surface area (Å²) in [4.78, 5) is 2.59. The molecule has 2 saturated heterocycles. The second kappa shape index (κ2) is 5.28. The molecule has 0 radical (unpaired) electrons. The third kappa shape index (κ3) is 3.16. The van der Waals surface area contributed by atoms with Crippen LogP contribution in [0.4, 0.5) is 0 Å². The van der Waals surface area contributed by atoms with Crippen molar-refractivity contribution in [2.75, 3.05) is 39.4 Å². The number of likely N-dealkylation sites (tertiary alicyclic amines) is 1. The van der Waals surface area contributed by atoms with E-state index in [2.05, 4.69) is 24.1 Å². The third-order valence-electron chi connectivity index (χ3n) is 3.73. The monoisotopic (exact) mass is 212 g/mol. The highest BCUT2D eigenvalue weighted by Gasteiger charge is 2.26. The lowest BCUT2D eigenvalue weighted by Gasteiger charge is -2.28. The van der Waals surface area contributed by atoms with E-state index in [-0.39, 0.29) is 0 Å². The van der Waals surface area contributed by atoms with Crippen LogP contribution in [0.2, 0.25) is 0 Å². The molecule has 2 fully saturated rings. The van der Waals surface area contributed by atoms with Crippen LogP contribution in [0.5, 0.6) is 0 Å². The first-order valence-electron chi connectivity index (χ1n) is 6.29. The predicted molar refractivity (Wildman–Crippen MR) is 62.0 cm³/mol. The number of rotatable bonds is 3. The molecule has 0 aromatic rings. The van der Waals surface area contributed by atoms with Crippen LogP contribution in [0.15, 0.2) is 0 Å². The molecule has 0 aromatic carbocycles. The first-order chi connectivity index (χ1) is 7.25. The second-order valence-corrected chi connectivity index (χ2v) is 5.28. The van der Waals surface area contributed by atoms with E-state index in [9.17, 15) is 0 Å². The smallest absolute Gasteiger partial charge is 0.0632 e. The summed E-state index contributed by atoms with van der Waals surface area (Å²) in [5.74, 6) is 1.75. The van der Waals surface area contributed by atoms with Gasteiger partial charge in [-0.05, 0) is 24.8 Å².